The molecule has 1 aromatic heterocycles. The van der Waals surface area contributed by atoms with Crippen LogP contribution in [0.3, 0.4) is 0 Å². The monoisotopic (exact) mass is 368 g/mol. The van der Waals surface area contributed by atoms with Gasteiger partial charge in [0.05, 0.1) is 0 Å². The van der Waals surface area contributed by atoms with Gasteiger partial charge in [-0.3, -0.25) is 0 Å². The molecular formula is C14H13BrN2O3S. The minimum Gasteiger partial charge on any atom is -0.479 e. The van der Waals surface area contributed by atoms with Crippen LogP contribution in [0.2, 0.25) is 0 Å². The zero-order valence-electron chi connectivity index (χ0n) is 11.1. The van der Waals surface area contributed by atoms with Crippen molar-refractivity contribution in [3.05, 3.63) is 50.6 Å². The van der Waals surface area contributed by atoms with E-state index in [1.807, 2.05) is 13.0 Å². The molecule has 1 atom stereocenters. The van der Waals surface area contributed by atoms with Gasteiger partial charge in [-0.15, -0.1) is 11.3 Å². The van der Waals surface area contributed by atoms with Crippen molar-refractivity contribution in [1.82, 2.24) is 5.32 Å². The third kappa shape index (κ3) is 4.05. The molecule has 0 saturated carbocycles. The number of carbonyl (C=O) groups is 2. The van der Waals surface area contributed by atoms with E-state index in [0.717, 1.165) is 10.0 Å². The van der Waals surface area contributed by atoms with E-state index in [9.17, 15) is 14.7 Å². The Morgan fingerprint density at radius 2 is 2.10 bits per heavy atom. The fourth-order valence-electron chi connectivity index (χ4n) is 1.77. The van der Waals surface area contributed by atoms with Crippen LogP contribution in [0.15, 0.2) is 40.2 Å². The lowest BCUT2D eigenvalue weighted by molar-refractivity contribution is -0.139. The quantitative estimate of drug-likeness (QED) is 0.768. The first-order chi connectivity index (χ1) is 9.97. The van der Waals surface area contributed by atoms with Crippen LogP contribution in [0.25, 0.3) is 0 Å². The summed E-state index contributed by atoms with van der Waals surface area (Å²) >= 11 is 4.63. The first kappa shape index (κ1) is 15.5. The molecule has 2 rings (SSSR count). The van der Waals surface area contributed by atoms with E-state index in [4.69, 9.17) is 0 Å². The Morgan fingerprint density at radius 3 is 2.67 bits per heavy atom. The lowest BCUT2D eigenvalue weighted by Gasteiger charge is -2.15. The van der Waals surface area contributed by atoms with Gasteiger partial charge in [0.2, 0.25) is 0 Å². The molecule has 5 nitrogen and oxygen atoms in total. The van der Waals surface area contributed by atoms with Crippen molar-refractivity contribution in [3.63, 3.8) is 0 Å². The van der Waals surface area contributed by atoms with Gasteiger partial charge in [-0.05, 0) is 42.1 Å². The molecule has 2 aromatic rings. The number of urea groups is 1. The summed E-state index contributed by atoms with van der Waals surface area (Å²) < 4.78 is 0.910. The Labute approximate surface area is 134 Å². The average Bonchev–Trinajstić information content (AvgIpc) is 2.92. The zero-order valence-corrected chi connectivity index (χ0v) is 13.5. The average molecular weight is 369 g/mol. The molecule has 0 aliphatic carbocycles. The second-order valence-corrected chi connectivity index (χ2v) is 6.24. The fraction of sp³-hybridized carbons (Fsp3) is 0.143. The van der Waals surface area contributed by atoms with Gasteiger partial charge >= 0.3 is 12.0 Å². The summed E-state index contributed by atoms with van der Waals surface area (Å²) in [5.74, 6) is -1.10. The number of carbonyl (C=O) groups excluding carboxylic acids is 1. The van der Waals surface area contributed by atoms with Crippen LogP contribution in [0.1, 0.15) is 16.5 Å². The van der Waals surface area contributed by atoms with Crippen LogP contribution < -0.4 is 10.6 Å². The van der Waals surface area contributed by atoms with Crippen molar-refractivity contribution in [2.24, 2.45) is 0 Å². The largest absolute Gasteiger partial charge is 0.479 e. The van der Waals surface area contributed by atoms with Crippen molar-refractivity contribution in [3.8, 4) is 0 Å². The van der Waals surface area contributed by atoms with Crippen LogP contribution in [0.4, 0.5) is 10.5 Å². The number of hydrogen-bond donors (Lipinski definition) is 3. The number of carboxylic acids is 1. The fourth-order valence-corrected chi connectivity index (χ4v) is 3.01. The molecule has 3 N–H and O–H groups in total. The maximum atomic E-state index is 12.0. The predicted octanol–water partition coefficient (Wildman–Crippen LogP) is 3.77. The number of rotatable bonds is 4. The van der Waals surface area contributed by atoms with Gasteiger partial charge in [-0.2, -0.15) is 0 Å². The smallest absolute Gasteiger partial charge is 0.331 e. The predicted molar refractivity (Wildman–Crippen MR) is 85.7 cm³/mol. The highest BCUT2D eigenvalue weighted by Gasteiger charge is 2.23. The molecule has 1 heterocycles. The second kappa shape index (κ2) is 6.73. The van der Waals surface area contributed by atoms with Gasteiger partial charge in [0.15, 0.2) is 6.04 Å². The van der Waals surface area contributed by atoms with Gasteiger partial charge in [-0.1, -0.05) is 22.0 Å². The van der Waals surface area contributed by atoms with E-state index in [2.05, 4.69) is 26.6 Å². The van der Waals surface area contributed by atoms with E-state index in [1.165, 1.54) is 11.3 Å². The maximum absolute atomic E-state index is 12.0. The summed E-state index contributed by atoms with van der Waals surface area (Å²) in [4.78, 5) is 23.8. The maximum Gasteiger partial charge on any atom is 0.331 e. The minimum atomic E-state index is -1.10. The molecule has 1 unspecified atom stereocenters. The summed E-state index contributed by atoms with van der Waals surface area (Å²) in [6.07, 6.45) is 0. The molecule has 0 bridgehead atoms. The Bertz CT molecular complexity index is 658. The van der Waals surface area contributed by atoms with E-state index in [-0.39, 0.29) is 0 Å². The Hall–Kier alpha value is -1.86. The summed E-state index contributed by atoms with van der Waals surface area (Å²) in [6, 6.07) is 7.23. The first-order valence-electron chi connectivity index (χ1n) is 6.07. The number of halogens is 1. The van der Waals surface area contributed by atoms with Crippen molar-refractivity contribution >= 4 is 45.0 Å². The van der Waals surface area contributed by atoms with Crippen LogP contribution in [0, 0.1) is 6.92 Å². The van der Waals surface area contributed by atoms with Gasteiger partial charge in [0, 0.05) is 15.0 Å². The van der Waals surface area contributed by atoms with Crippen LogP contribution >= 0.6 is 27.3 Å². The number of carboxylic acid groups (broad SMARTS) is 1. The molecule has 0 radical (unpaired) electrons. The molecule has 0 spiro atoms. The summed E-state index contributed by atoms with van der Waals surface area (Å²) in [7, 11) is 0. The van der Waals surface area contributed by atoms with Crippen molar-refractivity contribution in [2.75, 3.05) is 5.32 Å². The topological polar surface area (TPSA) is 78.4 Å². The van der Waals surface area contributed by atoms with Crippen molar-refractivity contribution in [2.45, 2.75) is 13.0 Å². The van der Waals surface area contributed by atoms with Crippen LogP contribution in [-0.2, 0) is 4.79 Å². The summed E-state index contributed by atoms with van der Waals surface area (Å²) in [6.45, 7) is 1.86. The highest BCUT2D eigenvalue weighted by molar-refractivity contribution is 9.10. The number of thiophene rings is 1. The SMILES string of the molecule is Cc1cc(Br)ccc1NC(=O)NC(C(=O)O)c1cccs1. The van der Waals surface area contributed by atoms with E-state index < -0.39 is 18.0 Å². The number of aryl methyl sites for hydroxylation is 1. The number of hydrogen-bond acceptors (Lipinski definition) is 3. The Kier molecular flexibility index (Phi) is 4.98. The van der Waals surface area contributed by atoms with E-state index >= 15 is 0 Å². The Balaban J connectivity index is 2.08. The molecule has 0 aliphatic heterocycles. The molecule has 1 aromatic carbocycles. The van der Waals surface area contributed by atoms with E-state index in [1.54, 1.807) is 29.6 Å². The summed E-state index contributed by atoms with van der Waals surface area (Å²) in [5.41, 5.74) is 1.51. The molecule has 0 aliphatic rings. The lowest BCUT2D eigenvalue weighted by atomic mass is 10.2. The van der Waals surface area contributed by atoms with E-state index in [0.29, 0.717) is 10.6 Å². The van der Waals surface area contributed by atoms with Gasteiger partial charge in [0.25, 0.3) is 0 Å². The second-order valence-electron chi connectivity index (χ2n) is 4.34. The number of nitrogens with one attached hydrogen (secondary N) is 2. The molecule has 0 fully saturated rings. The minimum absolute atomic E-state index is 0.554. The van der Waals surface area contributed by atoms with Gasteiger partial charge in [-0.25, -0.2) is 9.59 Å². The van der Waals surface area contributed by atoms with Crippen molar-refractivity contribution in [1.29, 1.82) is 0 Å². The van der Waals surface area contributed by atoms with Gasteiger partial charge < -0.3 is 15.7 Å². The van der Waals surface area contributed by atoms with Crippen LogP contribution in [-0.4, -0.2) is 17.1 Å². The van der Waals surface area contributed by atoms with Gasteiger partial charge in [0.1, 0.15) is 0 Å². The molecule has 21 heavy (non-hydrogen) atoms. The molecule has 7 heteroatoms. The molecular weight excluding hydrogens is 356 g/mol. The molecule has 2 amide bonds. The highest BCUT2D eigenvalue weighted by Crippen LogP contribution is 2.21. The zero-order chi connectivity index (χ0) is 15.4. The normalized spacial score (nSPS) is 11.7. The number of aliphatic carboxylic acids is 1. The number of amides is 2. The number of benzene rings is 1. The van der Waals surface area contributed by atoms with Crippen LogP contribution in [0.5, 0.6) is 0 Å². The standard InChI is InChI=1S/C14H13BrN2O3S/c1-8-7-9(15)4-5-10(8)16-14(20)17-12(13(18)19)11-3-2-6-21-11/h2-7,12H,1H3,(H,18,19)(H2,16,17,20). The first-order valence-corrected chi connectivity index (χ1v) is 7.74. The Morgan fingerprint density at radius 1 is 1.33 bits per heavy atom. The lowest BCUT2D eigenvalue weighted by Crippen LogP contribution is -2.36. The molecule has 110 valence electrons. The third-order valence-electron chi connectivity index (χ3n) is 2.79. The molecule has 0 saturated heterocycles. The number of anilines is 1. The third-order valence-corrected chi connectivity index (χ3v) is 4.22. The highest BCUT2D eigenvalue weighted by atomic mass is 79.9. The summed E-state index contributed by atoms with van der Waals surface area (Å²) in [5, 5.41) is 16.1. The van der Waals surface area contributed by atoms with Crippen molar-refractivity contribution < 1.29 is 14.7 Å².